The lowest BCUT2D eigenvalue weighted by Gasteiger charge is -2.31. The first-order valence-electron chi connectivity index (χ1n) is 8.66. The molecule has 8 nitrogen and oxygen atoms in total. The first-order valence-corrected chi connectivity index (χ1v) is 8.66. The van der Waals surface area contributed by atoms with Crippen LogP contribution in [-0.4, -0.2) is 48.4 Å². The number of carbonyl (C=O) groups is 1. The predicted molar refractivity (Wildman–Crippen MR) is 92.2 cm³/mol. The van der Waals surface area contributed by atoms with Crippen LogP contribution >= 0.6 is 0 Å². The van der Waals surface area contributed by atoms with Crippen molar-refractivity contribution >= 4 is 5.91 Å². The summed E-state index contributed by atoms with van der Waals surface area (Å²) in [6, 6.07) is 1.62. The van der Waals surface area contributed by atoms with Gasteiger partial charge < -0.3 is 4.90 Å². The van der Waals surface area contributed by atoms with Gasteiger partial charge in [-0.15, -0.1) is 5.10 Å². The van der Waals surface area contributed by atoms with E-state index in [-0.39, 0.29) is 17.4 Å². The summed E-state index contributed by atoms with van der Waals surface area (Å²) < 4.78 is 3.21. The minimum atomic E-state index is -0.0772. The van der Waals surface area contributed by atoms with Crippen LogP contribution in [-0.2, 0) is 13.6 Å². The zero-order valence-corrected chi connectivity index (χ0v) is 14.9. The van der Waals surface area contributed by atoms with Crippen molar-refractivity contribution in [2.24, 2.45) is 13.0 Å². The van der Waals surface area contributed by atoms with Crippen molar-refractivity contribution in [2.45, 2.75) is 39.2 Å². The van der Waals surface area contributed by atoms with E-state index < -0.39 is 0 Å². The molecule has 134 valence electrons. The highest BCUT2D eigenvalue weighted by molar-refractivity contribution is 5.91. The second-order valence-electron chi connectivity index (χ2n) is 6.97. The highest BCUT2D eigenvalue weighted by atomic mass is 16.2. The summed E-state index contributed by atoms with van der Waals surface area (Å²) in [6.45, 7) is 6.04. The van der Waals surface area contributed by atoms with Crippen LogP contribution in [0.15, 0.2) is 23.4 Å². The number of rotatable bonds is 4. The average Bonchev–Trinajstić information content (AvgIpc) is 3.03. The zero-order chi connectivity index (χ0) is 18.0. The number of carbonyl (C=O) groups excluding carboxylic acids is 1. The summed E-state index contributed by atoms with van der Waals surface area (Å²) >= 11 is 0. The third-order valence-electron chi connectivity index (χ3n) is 4.67. The topological polar surface area (TPSA) is 85.9 Å². The van der Waals surface area contributed by atoms with E-state index in [4.69, 9.17) is 0 Å². The first-order chi connectivity index (χ1) is 11.9. The second-order valence-corrected chi connectivity index (χ2v) is 6.97. The van der Waals surface area contributed by atoms with Gasteiger partial charge in [0.25, 0.3) is 11.5 Å². The van der Waals surface area contributed by atoms with Gasteiger partial charge >= 0.3 is 0 Å². The normalized spacial score (nSPS) is 15.8. The molecule has 25 heavy (non-hydrogen) atoms. The molecule has 0 spiro atoms. The molecule has 3 rings (SSSR count). The van der Waals surface area contributed by atoms with Crippen LogP contribution in [0.2, 0.25) is 0 Å². The van der Waals surface area contributed by atoms with E-state index in [1.54, 1.807) is 30.2 Å². The molecule has 0 N–H and O–H groups in total. The van der Waals surface area contributed by atoms with Gasteiger partial charge in [-0.2, -0.15) is 0 Å². The molecule has 1 aliphatic heterocycles. The third-order valence-corrected chi connectivity index (χ3v) is 4.67. The average molecular weight is 344 g/mol. The van der Waals surface area contributed by atoms with Crippen molar-refractivity contribution in [1.29, 1.82) is 0 Å². The maximum absolute atomic E-state index is 12.4. The van der Waals surface area contributed by atoms with Crippen molar-refractivity contribution in [1.82, 2.24) is 29.4 Å². The molecule has 2 aromatic rings. The number of aryl methyl sites for hydroxylation is 1. The van der Waals surface area contributed by atoms with E-state index >= 15 is 0 Å². The maximum Gasteiger partial charge on any atom is 0.276 e. The smallest absolute Gasteiger partial charge is 0.276 e. The monoisotopic (exact) mass is 344 g/mol. The fourth-order valence-corrected chi connectivity index (χ4v) is 3.10. The number of aromatic nitrogens is 5. The van der Waals surface area contributed by atoms with Crippen LogP contribution < -0.4 is 5.56 Å². The molecule has 3 heterocycles. The summed E-state index contributed by atoms with van der Waals surface area (Å²) in [5.74, 6) is 0.541. The summed E-state index contributed by atoms with van der Waals surface area (Å²) in [5.41, 5.74) is 1.20. The largest absolute Gasteiger partial charge is 0.337 e. The number of hydrogen-bond acceptors (Lipinski definition) is 5. The van der Waals surface area contributed by atoms with Crippen LogP contribution in [0, 0.1) is 5.92 Å². The van der Waals surface area contributed by atoms with E-state index in [1.165, 1.54) is 4.68 Å². The molecule has 0 saturated carbocycles. The molecule has 0 unspecified atom stereocenters. The highest BCUT2D eigenvalue weighted by Crippen LogP contribution is 2.20. The molecule has 0 atom stereocenters. The summed E-state index contributed by atoms with van der Waals surface area (Å²) in [4.78, 5) is 30.8. The lowest BCUT2D eigenvalue weighted by atomic mass is 9.96. The molecule has 1 fully saturated rings. The molecular weight excluding hydrogens is 320 g/mol. The van der Waals surface area contributed by atoms with Crippen molar-refractivity contribution in [3.05, 3.63) is 40.3 Å². The van der Waals surface area contributed by atoms with Crippen molar-refractivity contribution < 1.29 is 4.79 Å². The van der Waals surface area contributed by atoms with Crippen LogP contribution in [0.4, 0.5) is 0 Å². The molecule has 1 amide bonds. The quantitative estimate of drug-likeness (QED) is 0.827. The SMILES string of the molecule is CC(C)c1cc(=O)n(CC2CCN(C(=O)c3cn(C)nn3)CC2)cn1. The van der Waals surface area contributed by atoms with Gasteiger partial charge in [-0.25, -0.2) is 4.98 Å². The van der Waals surface area contributed by atoms with Crippen LogP contribution in [0.5, 0.6) is 0 Å². The Balaban J connectivity index is 1.58. The first kappa shape index (κ1) is 17.3. The van der Waals surface area contributed by atoms with E-state index in [0.29, 0.717) is 31.2 Å². The van der Waals surface area contributed by atoms with E-state index in [1.807, 2.05) is 18.7 Å². The Hall–Kier alpha value is -2.51. The Morgan fingerprint density at radius 2 is 2.04 bits per heavy atom. The fourth-order valence-electron chi connectivity index (χ4n) is 3.10. The number of likely N-dealkylation sites (tertiary alicyclic amines) is 1. The van der Waals surface area contributed by atoms with Gasteiger partial charge in [0.05, 0.1) is 18.2 Å². The van der Waals surface area contributed by atoms with Gasteiger partial charge in [0, 0.05) is 32.7 Å². The number of hydrogen-bond donors (Lipinski definition) is 0. The van der Waals surface area contributed by atoms with Gasteiger partial charge in [0.15, 0.2) is 5.69 Å². The number of amides is 1. The Labute approximate surface area is 146 Å². The van der Waals surface area contributed by atoms with Gasteiger partial charge in [0.2, 0.25) is 0 Å². The van der Waals surface area contributed by atoms with Crippen LogP contribution in [0.1, 0.15) is 48.8 Å². The van der Waals surface area contributed by atoms with Gasteiger partial charge in [-0.05, 0) is 24.7 Å². The Morgan fingerprint density at radius 3 is 2.60 bits per heavy atom. The molecule has 1 aliphatic rings. The van der Waals surface area contributed by atoms with Gasteiger partial charge in [0.1, 0.15) is 0 Å². The molecule has 0 radical (unpaired) electrons. The van der Waals surface area contributed by atoms with Crippen molar-refractivity contribution in [3.63, 3.8) is 0 Å². The molecule has 8 heteroatoms. The molecule has 0 aliphatic carbocycles. The Kier molecular flexibility index (Phi) is 4.96. The summed E-state index contributed by atoms with van der Waals surface area (Å²) in [6.07, 6.45) is 5.01. The van der Waals surface area contributed by atoms with Crippen molar-refractivity contribution in [2.75, 3.05) is 13.1 Å². The predicted octanol–water partition coefficient (Wildman–Crippen LogP) is 1.05. The fraction of sp³-hybridized carbons (Fsp3) is 0.588. The Bertz CT molecular complexity index is 801. The number of piperidine rings is 1. The summed E-state index contributed by atoms with van der Waals surface area (Å²) in [5, 5.41) is 7.69. The number of nitrogens with zero attached hydrogens (tertiary/aromatic N) is 6. The minimum absolute atomic E-state index is 0.00299. The molecule has 0 aromatic carbocycles. The van der Waals surface area contributed by atoms with E-state index in [0.717, 1.165) is 18.5 Å². The molecule has 2 aromatic heterocycles. The van der Waals surface area contributed by atoms with Crippen LogP contribution in [0.25, 0.3) is 0 Å². The van der Waals surface area contributed by atoms with Gasteiger partial charge in [-0.1, -0.05) is 19.1 Å². The Morgan fingerprint density at radius 1 is 1.32 bits per heavy atom. The lowest BCUT2D eigenvalue weighted by molar-refractivity contribution is 0.0676. The van der Waals surface area contributed by atoms with Crippen LogP contribution in [0.3, 0.4) is 0 Å². The second kappa shape index (κ2) is 7.16. The summed E-state index contributed by atoms with van der Waals surface area (Å²) in [7, 11) is 1.74. The van der Waals surface area contributed by atoms with E-state index in [9.17, 15) is 9.59 Å². The molecule has 0 bridgehead atoms. The molecule has 1 saturated heterocycles. The van der Waals surface area contributed by atoms with Crippen molar-refractivity contribution in [3.8, 4) is 0 Å². The maximum atomic E-state index is 12.4. The highest BCUT2D eigenvalue weighted by Gasteiger charge is 2.25. The standard InChI is InChI=1S/C17H24N6O2/c1-12(2)14-8-16(24)23(11-18-14)9-13-4-6-22(7-5-13)17(25)15-10-21(3)20-19-15/h8,10-13H,4-7,9H2,1-3H3. The van der Waals surface area contributed by atoms with Gasteiger partial charge in [-0.3, -0.25) is 18.8 Å². The lowest BCUT2D eigenvalue weighted by Crippen LogP contribution is -2.40. The third kappa shape index (κ3) is 3.94. The molecular formula is C17H24N6O2. The van der Waals surface area contributed by atoms with E-state index in [2.05, 4.69) is 15.3 Å². The minimum Gasteiger partial charge on any atom is -0.337 e. The zero-order valence-electron chi connectivity index (χ0n) is 14.9.